The summed E-state index contributed by atoms with van der Waals surface area (Å²) >= 11 is 2.89. The first-order valence-corrected chi connectivity index (χ1v) is 10.2. The number of amides is 1. The van der Waals surface area contributed by atoms with E-state index in [1.807, 2.05) is 42.6 Å². The van der Waals surface area contributed by atoms with Gasteiger partial charge in [-0.2, -0.15) is 5.26 Å². The minimum absolute atomic E-state index is 0.181. The highest BCUT2D eigenvalue weighted by molar-refractivity contribution is 7.20. The van der Waals surface area contributed by atoms with Crippen molar-refractivity contribution < 1.29 is 14.3 Å². The van der Waals surface area contributed by atoms with Crippen LogP contribution in [-0.4, -0.2) is 30.0 Å². The standard InChI is InChI=1S/C20H17N3O3S2/c1-14-5-7-15(8-6-14)23(10-3-9-21)18(24)12-26-20(25)16-13-28-19(22-16)17-4-2-11-27-17/h2,4-8,11,13H,3,10,12H2,1H3. The van der Waals surface area contributed by atoms with Gasteiger partial charge in [-0.25, -0.2) is 9.78 Å². The molecule has 0 fully saturated rings. The summed E-state index contributed by atoms with van der Waals surface area (Å²) in [5.41, 5.74) is 1.91. The van der Waals surface area contributed by atoms with Crippen molar-refractivity contribution >= 4 is 40.2 Å². The molecule has 0 aliphatic rings. The fourth-order valence-corrected chi connectivity index (χ4v) is 4.05. The molecular formula is C20H17N3O3S2. The Balaban J connectivity index is 1.64. The van der Waals surface area contributed by atoms with Gasteiger partial charge in [0.05, 0.1) is 17.4 Å². The van der Waals surface area contributed by atoms with E-state index in [4.69, 9.17) is 10.00 Å². The molecule has 142 valence electrons. The third-order valence-corrected chi connectivity index (χ3v) is 5.75. The minimum atomic E-state index is -0.642. The lowest BCUT2D eigenvalue weighted by atomic mass is 10.2. The lowest BCUT2D eigenvalue weighted by molar-refractivity contribution is -0.121. The number of anilines is 1. The van der Waals surface area contributed by atoms with E-state index in [0.29, 0.717) is 5.69 Å². The van der Waals surface area contributed by atoms with Gasteiger partial charge in [0.1, 0.15) is 5.01 Å². The first kappa shape index (κ1) is 19.7. The zero-order valence-corrected chi connectivity index (χ0v) is 16.8. The normalized spacial score (nSPS) is 10.3. The van der Waals surface area contributed by atoms with Gasteiger partial charge in [0.2, 0.25) is 0 Å². The number of hydrogen-bond donors (Lipinski definition) is 0. The number of carbonyl (C=O) groups excluding carboxylic acids is 2. The molecule has 0 radical (unpaired) electrons. The molecule has 8 heteroatoms. The molecule has 0 aliphatic carbocycles. The number of rotatable bonds is 7. The number of aryl methyl sites for hydroxylation is 1. The van der Waals surface area contributed by atoms with Gasteiger partial charge in [-0.3, -0.25) is 4.79 Å². The Morgan fingerprint density at radius 1 is 1.21 bits per heavy atom. The number of thiophene rings is 1. The predicted octanol–water partition coefficient (Wildman–Crippen LogP) is 4.28. The molecule has 2 aromatic heterocycles. The van der Waals surface area contributed by atoms with E-state index in [2.05, 4.69) is 4.98 Å². The highest BCUT2D eigenvalue weighted by Gasteiger charge is 2.20. The number of esters is 1. The second-order valence-corrected chi connectivity index (χ2v) is 7.69. The molecule has 6 nitrogen and oxygen atoms in total. The highest BCUT2D eigenvalue weighted by atomic mass is 32.1. The molecule has 3 rings (SSSR count). The molecule has 0 bridgehead atoms. The SMILES string of the molecule is Cc1ccc(N(CCC#N)C(=O)COC(=O)c2csc(-c3cccs3)n2)cc1. The average Bonchev–Trinajstić information content (AvgIpc) is 3.39. The van der Waals surface area contributed by atoms with Gasteiger partial charge in [0, 0.05) is 17.6 Å². The predicted molar refractivity (Wildman–Crippen MR) is 109 cm³/mol. The van der Waals surface area contributed by atoms with Crippen molar-refractivity contribution in [3.05, 3.63) is 58.4 Å². The Kier molecular flexibility index (Phi) is 6.53. The van der Waals surface area contributed by atoms with Gasteiger partial charge in [0.25, 0.3) is 5.91 Å². The molecule has 3 aromatic rings. The van der Waals surface area contributed by atoms with Crippen LogP contribution in [0.1, 0.15) is 22.5 Å². The van der Waals surface area contributed by atoms with Gasteiger partial charge in [-0.05, 0) is 30.5 Å². The second-order valence-electron chi connectivity index (χ2n) is 5.88. The maximum atomic E-state index is 12.6. The van der Waals surface area contributed by atoms with Crippen molar-refractivity contribution in [2.45, 2.75) is 13.3 Å². The molecule has 0 N–H and O–H groups in total. The molecule has 0 saturated heterocycles. The van der Waals surface area contributed by atoms with E-state index in [1.165, 1.54) is 27.6 Å². The molecule has 0 atom stereocenters. The zero-order valence-electron chi connectivity index (χ0n) is 15.1. The van der Waals surface area contributed by atoms with Crippen LogP contribution in [0.25, 0.3) is 9.88 Å². The fourth-order valence-electron chi connectivity index (χ4n) is 2.44. The van der Waals surface area contributed by atoms with Crippen molar-refractivity contribution in [2.24, 2.45) is 0 Å². The second kappa shape index (κ2) is 9.26. The molecule has 28 heavy (non-hydrogen) atoms. The van der Waals surface area contributed by atoms with Gasteiger partial charge in [-0.15, -0.1) is 22.7 Å². The first-order valence-electron chi connectivity index (χ1n) is 8.49. The van der Waals surface area contributed by atoms with Gasteiger partial charge in [-0.1, -0.05) is 23.8 Å². The molecule has 0 unspecified atom stereocenters. The van der Waals surface area contributed by atoms with E-state index in [0.717, 1.165) is 15.4 Å². The Labute approximate surface area is 170 Å². The lowest BCUT2D eigenvalue weighted by Crippen LogP contribution is -2.35. The summed E-state index contributed by atoms with van der Waals surface area (Å²) in [6, 6.07) is 13.3. The minimum Gasteiger partial charge on any atom is -0.451 e. The largest absolute Gasteiger partial charge is 0.451 e. The number of benzene rings is 1. The Morgan fingerprint density at radius 3 is 2.68 bits per heavy atom. The number of nitriles is 1. The Morgan fingerprint density at radius 2 is 2.00 bits per heavy atom. The van der Waals surface area contributed by atoms with E-state index >= 15 is 0 Å². The number of ether oxygens (including phenoxy) is 1. The van der Waals surface area contributed by atoms with Crippen molar-refractivity contribution in [2.75, 3.05) is 18.1 Å². The summed E-state index contributed by atoms with van der Waals surface area (Å²) in [5.74, 6) is -1.03. The van der Waals surface area contributed by atoms with Crippen LogP contribution in [-0.2, 0) is 9.53 Å². The lowest BCUT2D eigenvalue weighted by Gasteiger charge is -2.21. The van der Waals surface area contributed by atoms with Crippen molar-refractivity contribution in [1.29, 1.82) is 5.26 Å². The maximum absolute atomic E-state index is 12.6. The number of carbonyl (C=O) groups is 2. The summed E-state index contributed by atoms with van der Waals surface area (Å²) < 4.78 is 5.16. The monoisotopic (exact) mass is 411 g/mol. The number of hydrogen-bond acceptors (Lipinski definition) is 7. The van der Waals surface area contributed by atoms with Crippen LogP contribution in [0.15, 0.2) is 47.2 Å². The summed E-state index contributed by atoms with van der Waals surface area (Å²) in [6.07, 6.45) is 0.184. The highest BCUT2D eigenvalue weighted by Crippen LogP contribution is 2.28. The van der Waals surface area contributed by atoms with Crippen LogP contribution >= 0.6 is 22.7 Å². The summed E-state index contributed by atoms with van der Waals surface area (Å²) in [4.78, 5) is 31.5. The molecule has 0 spiro atoms. The molecule has 1 amide bonds. The molecule has 0 saturated carbocycles. The molecule has 2 heterocycles. The topological polar surface area (TPSA) is 83.3 Å². The smallest absolute Gasteiger partial charge is 0.358 e. The average molecular weight is 412 g/mol. The third-order valence-electron chi connectivity index (χ3n) is 3.87. The third kappa shape index (κ3) is 4.82. The fraction of sp³-hybridized carbons (Fsp3) is 0.200. The van der Waals surface area contributed by atoms with Crippen LogP contribution < -0.4 is 4.90 Å². The molecule has 0 aliphatic heterocycles. The van der Waals surface area contributed by atoms with Gasteiger partial charge < -0.3 is 9.64 Å². The maximum Gasteiger partial charge on any atom is 0.358 e. The number of nitrogens with zero attached hydrogens (tertiary/aromatic N) is 3. The van der Waals surface area contributed by atoms with E-state index in [1.54, 1.807) is 17.5 Å². The van der Waals surface area contributed by atoms with Gasteiger partial charge >= 0.3 is 5.97 Å². The quantitative estimate of drug-likeness (QED) is 0.542. The van der Waals surface area contributed by atoms with Crippen LogP contribution in [0.2, 0.25) is 0 Å². The summed E-state index contributed by atoms with van der Waals surface area (Å²) in [5, 5.41) is 13.2. The van der Waals surface area contributed by atoms with Crippen LogP contribution in [0.3, 0.4) is 0 Å². The summed E-state index contributed by atoms with van der Waals surface area (Å²) in [6.45, 7) is 1.77. The number of aromatic nitrogens is 1. The number of thiazole rings is 1. The summed E-state index contributed by atoms with van der Waals surface area (Å²) in [7, 11) is 0. The van der Waals surface area contributed by atoms with E-state index in [-0.39, 0.29) is 24.6 Å². The Hall–Kier alpha value is -3.02. The molecular weight excluding hydrogens is 394 g/mol. The molecule has 1 aromatic carbocycles. The van der Waals surface area contributed by atoms with E-state index < -0.39 is 12.6 Å². The Bertz CT molecular complexity index is 989. The zero-order chi connectivity index (χ0) is 19.9. The van der Waals surface area contributed by atoms with Crippen LogP contribution in [0, 0.1) is 18.3 Å². The van der Waals surface area contributed by atoms with Crippen molar-refractivity contribution in [3.63, 3.8) is 0 Å². The van der Waals surface area contributed by atoms with Crippen LogP contribution in [0.5, 0.6) is 0 Å². The van der Waals surface area contributed by atoms with Gasteiger partial charge in [0.15, 0.2) is 12.3 Å². The van der Waals surface area contributed by atoms with Crippen molar-refractivity contribution in [3.8, 4) is 16.0 Å². The van der Waals surface area contributed by atoms with Crippen molar-refractivity contribution in [1.82, 2.24) is 4.98 Å². The first-order chi connectivity index (χ1) is 13.6. The van der Waals surface area contributed by atoms with Crippen LogP contribution in [0.4, 0.5) is 5.69 Å². The van der Waals surface area contributed by atoms with E-state index in [9.17, 15) is 9.59 Å².